The summed E-state index contributed by atoms with van der Waals surface area (Å²) in [6.45, 7) is 9.63. The zero-order valence-electron chi connectivity index (χ0n) is 14.1. The average molecular weight is 286 g/mol. The minimum atomic E-state index is 0.311. The van der Waals surface area contributed by atoms with Gasteiger partial charge in [-0.25, -0.2) is 0 Å². The molecular weight excluding hydrogens is 256 g/mol. The first-order valence-corrected chi connectivity index (χ1v) is 8.74. The lowest BCUT2D eigenvalue weighted by Gasteiger charge is -2.54. The van der Waals surface area contributed by atoms with Gasteiger partial charge in [0.15, 0.2) is 0 Å². The normalized spacial score (nSPS) is 30.6. The van der Waals surface area contributed by atoms with Crippen LogP contribution in [0.3, 0.4) is 0 Å². The van der Waals surface area contributed by atoms with E-state index in [0.717, 1.165) is 25.2 Å². The van der Waals surface area contributed by atoms with Gasteiger partial charge in [0.1, 0.15) is 5.75 Å². The predicted octanol–water partition coefficient (Wildman–Crippen LogP) is 5.37. The van der Waals surface area contributed by atoms with Crippen LogP contribution in [0.1, 0.15) is 76.5 Å². The third kappa shape index (κ3) is 2.20. The van der Waals surface area contributed by atoms with Crippen LogP contribution >= 0.6 is 0 Å². The lowest BCUT2D eigenvalue weighted by molar-refractivity contribution is 0.0405. The van der Waals surface area contributed by atoms with Crippen molar-refractivity contribution >= 4 is 0 Å². The number of hydrogen-bond acceptors (Lipinski definition) is 1. The highest BCUT2D eigenvalue weighted by atomic mass is 16.3. The number of phenolic OH excluding ortho intramolecular Hbond substituents is 1. The van der Waals surface area contributed by atoms with Gasteiger partial charge in [-0.1, -0.05) is 46.6 Å². The topological polar surface area (TPSA) is 20.2 Å². The van der Waals surface area contributed by atoms with Crippen LogP contribution in [0.5, 0.6) is 5.75 Å². The zero-order valence-corrected chi connectivity index (χ0v) is 14.1. The fourth-order valence-corrected chi connectivity index (χ4v) is 5.47. The SMILES string of the molecule is CCCc1c(O)ccc2c1CC[C@H]1C(C)(C)CCC[C@]21C. The Morgan fingerprint density at radius 1 is 1.19 bits per heavy atom. The highest BCUT2D eigenvalue weighted by Crippen LogP contribution is 2.57. The first-order valence-electron chi connectivity index (χ1n) is 8.74. The van der Waals surface area contributed by atoms with Crippen molar-refractivity contribution in [3.63, 3.8) is 0 Å². The van der Waals surface area contributed by atoms with Crippen molar-refractivity contribution in [3.8, 4) is 5.75 Å². The molecule has 1 N–H and O–H groups in total. The first-order chi connectivity index (χ1) is 9.90. The third-order valence-electron chi connectivity index (χ3n) is 6.43. The van der Waals surface area contributed by atoms with Crippen molar-refractivity contribution in [1.29, 1.82) is 0 Å². The Balaban J connectivity index is 2.12. The van der Waals surface area contributed by atoms with E-state index < -0.39 is 0 Å². The van der Waals surface area contributed by atoms with Crippen LogP contribution in [0.4, 0.5) is 0 Å². The Bertz CT molecular complexity index is 543. The standard InChI is InChI=1S/C20H30O/c1-5-7-15-14-8-11-18-19(2,3)12-6-13-20(18,4)16(14)9-10-17(15)21/h9-10,18,21H,5-8,11-13H2,1-4H3/t18-,20+/m0/s1. The number of aromatic hydroxyl groups is 1. The van der Waals surface area contributed by atoms with Gasteiger partial charge in [-0.15, -0.1) is 0 Å². The molecule has 116 valence electrons. The van der Waals surface area contributed by atoms with E-state index in [0.29, 0.717) is 16.6 Å². The molecule has 0 aromatic heterocycles. The van der Waals surface area contributed by atoms with Gasteiger partial charge in [-0.2, -0.15) is 0 Å². The second kappa shape index (κ2) is 5.04. The van der Waals surface area contributed by atoms with Crippen LogP contribution in [-0.4, -0.2) is 5.11 Å². The number of rotatable bonds is 2. The molecule has 1 fully saturated rings. The maximum atomic E-state index is 10.3. The second-order valence-corrected chi connectivity index (χ2v) is 8.19. The minimum Gasteiger partial charge on any atom is -0.508 e. The first kappa shape index (κ1) is 14.9. The molecule has 0 radical (unpaired) electrons. The Labute approximate surface area is 129 Å². The summed E-state index contributed by atoms with van der Waals surface area (Å²) in [4.78, 5) is 0. The lowest BCUT2D eigenvalue weighted by Crippen LogP contribution is -2.48. The molecule has 1 nitrogen and oxygen atoms in total. The monoisotopic (exact) mass is 286 g/mol. The highest BCUT2D eigenvalue weighted by molar-refractivity contribution is 5.49. The summed E-state index contributed by atoms with van der Waals surface area (Å²) in [7, 11) is 0. The zero-order chi connectivity index (χ0) is 15.3. The van der Waals surface area contributed by atoms with Crippen molar-refractivity contribution < 1.29 is 5.11 Å². The van der Waals surface area contributed by atoms with Crippen LogP contribution in [-0.2, 0) is 18.3 Å². The number of hydrogen-bond donors (Lipinski definition) is 1. The summed E-state index contributed by atoms with van der Waals surface area (Å²) in [5.41, 5.74) is 5.03. The van der Waals surface area contributed by atoms with Gasteiger partial charge in [-0.3, -0.25) is 0 Å². The molecular formula is C20H30O. The van der Waals surface area contributed by atoms with Crippen LogP contribution < -0.4 is 0 Å². The van der Waals surface area contributed by atoms with E-state index in [9.17, 15) is 5.11 Å². The molecule has 3 rings (SSSR count). The summed E-state index contributed by atoms with van der Waals surface area (Å²) in [5, 5.41) is 10.3. The summed E-state index contributed by atoms with van der Waals surface area (Å²) >= 11 is 0. The molecule has 0 unspecified atom stereocenters. The van der Waals surface area contributed by atoms with E-state index in [2.05, 4.69) is 33.8 Å². The van der Waals surface area contributed by atoms with E-state index in [-0.39, 0.29) is 0 Å². The van der Waals surface area contributed by atoms with E-state index in [4.69, 9.17) is 0 Å². The van der Waals surface area contributed by atoms with Gasteiger partial charge in [0.05, 0.1) is 0 Å². The van der Waals surface area contributed by atoms with Crippen molar-refractivity contribution in [2.24, 2.45) is 11.3 Å². The Morgan fingerprint density at radius 3 is 2.67 bits per heavy atom. The van der Waals surface area contributed by atoms with E-state index in [1.54, 1.807) is 5.56 Å². The summed E-state index contributed by atoms with van der Waals surface area (Å²) < 4.78 is 0. The number of phenols is 1. The van der Waals surface area contributed by atoms with Crippen LogP contribution in [0.2, 0.25) is 0 Å². The van der Waals surface area contributed by atoms with Crippen molar-refractivity contribution in [3.05, 3.63) is 28.8 Å². The summed E-state index contributed by atoms with van der Waals surface area (Å²) in [5.74, 6) is 1.30. The largest absolute Gasteiger partial charge is 0.508 e. The van der Waals surface area contributed by atoms with Crippen LogP contribution in [0, 0.1) is 11.3 Å². The Morgan fingerprint density at radius 2 is 1.95 bits per heavy atom. The van der Waals surface area contributed by atoms with Gasteiger partial charge >= 0.3 is 0 Å². The molecule has 0 spiro atoms. The van der Waals surface area contributed by atoms with E-state index in [1.807, 2.05) is 6.07 Å². The van der Waals surface area contributed by atoms with Gasteiger partial charge in [0.25, 0.3) is 0 Å². The van der Waals surface area contributed by atoms with Gasteiger partial charge < -0.3 is 5.11 Å². The molecule has 21 heavy (non-hydrogen) atoms. The second-order valence-electron chi connectivity index (χ2n) is 8.19. The minimum absolute atomic E-state index is 0.311. The molecule has 1 aromatic rings. The molecule has 2 aliphatic carbocycles. The maximum Gasteiger partial charge on any atom is 0.119 e. The average Bonchev–Trinajstić information content (AvgIpc) is 2.41. The molecule has 2 aliphatic rings. The van der Waals surface area contributed by atoms with Crippen LogP contribution in [0.15, 0.2) is 12.1 Å². The summed E-state index contributed by atoms with van der Waals surface area (Å²) in [6.07, 6.45) is 8.57. The fourth-order valence-electron chi connectivity index (χ4n) is 5.47. The lowest BCUT2D eigenvalue weighted by atomic mass is 9.50. The fraction of sp³-hybridized carbons (Fsp3) is 0.700. The highest BCUT2D eigenvalue weighted by Gasteiger charge is 2.49. The van der Waals surface area contributed by atoms with Crippen molar-refractivity contribution in [1.82, 2.24) is 0 Å². The predicted molar refractivity (Wildman–Crippen MR) is 88.9 cm³/mol. The number of benzene rings is 1. The van der Waals surface area contributed by atoms with E-state index >= 15 is 0 Å². The number of fused-ring (bicyclic) bond motifs is 3. The van der Waals surface area contributed by atoms with E-state index in [1.165, 1.54) is 36.8 Å². The molecule has 0 heterocycles. The van der Waals surface area contributed by atoms with Gasteiger partial charge in [0.2, 0.25) is 0 Å². The Kier molecular flexibility index (Phi) is 3.58. The third-order valence-corrected chi connectivity index (χ3v) is 6.43. The van der Waals surface area contributed by atoms with Gasteiger partial charge in [0, 0.05) is 0 Å². The van der Waals surface area contributed by atoms with Crippen molar-refractivity contribution in [2.45, 2.75) is 78.1 Å². The quantitative estimate of drug-likeness (QED) is 0.774. The van der Waals surface area contributed by atoms with Crippen LogP contribution in [0.25, 0.3) is 0 Å². The molecule has 2 atom stereocenters. The molecule has 0 aliphatic heterocycles. The maximum absolute atomic E-state index is 10.3. The molecule has 0 bridgehead atoms. The summed E-state index contributed by atoms with van der Waals surface area (Å²) in [6, 6.07) is 4.19. The molecule has 0 saturated heterocycles. The van der Waals surface area contributed by atoms with Gasteiger partial charge in [-0.05, 0) is 71.6 Å². The molecule has 1 aromatic carbocycles. The molecule has 0 amide bonds. The van der Waals surface area contributed by atoms with Crippen molar-refractivity contribution in [2.75, 3.05) is 0 Å². The molecule has 1 saturated carbocycles. The molecule has 1 heteroatoms. The smallest absolute Gasteiger partial charge is 0.119 e. The Hall–Kier alpha value is -0.980.